The zero-order valence-corrected chi connectivity index (χ0v) is 7.59. The number of nitrogens with zero attached hydrogens (tertiary/aromatic N) is 2. The Kier molecular flexibility index (Phi) is 2.65. The van der Waals surface area contributed by atoms with E-state index in [0.29, 0.717) is 23.4 Å². The van der Waals surface area contributed by atoms with Gasteiger partial charge in [-0.2, -0.15) is 0 Å². The Labute approximate surface area is 74.0 Å². The summed E-state index contributed by atoms with van der Waals surface area (Å²) in [6, 6.07) is 0. The Morgan fingerprint density at radius 2 is 2.08 bits per heavy atom. The molecule has 0 saturated heterocycles. The number of aromatic nitrogens is 2. The molecule has 0 aliphatic carbocycles. The molecule has 1 heterocycles. The van der Waals surface area contributed by atoms with Crippen molar-refractivity contribution in [3.05, 3.63) is 11.4 Å². The van der Waals surface area contributed by atoms with Crippen LogP contribution in [0, 0.1) is 0 Å². The normalized spacial score (nSPS) is 9.83. The summed E-state index contributed by atoms with van der Waals surface area (Å²) < 4.78 is 1.60. The third-order valence-corrected chi connectivity index (χ3v) is 2.26. The Hall–Kier alpha value is -1.10. The number of thioether (sulfide) groups is 1. The quantitative estimate of drug-likeness (QED) is 0.514. The van der Waals surface area contributed by atoms with Crippen molar-refractivity contribution in [1.82, 2.24) is 9.55 Å². The monoisotopic (exact) mass is 184 g/mol. The maximum atomic E-state index is 10.5. The van der Waals surface area contributed by atoms with Crippen LogP contribution in [0.25, 0.3) is 0 Å². The molecular formula is C7H8N2O2S. The van der Waals surface area contributed by atoms with Gasteiger partial charge in [-0.05, 0) is 6.26 Å². The smallest absolute Gasteiger partial charge is 0.170 e. The molecule has 0 aromatic carbocycles. The Balaban J connectivity index is 3.31. The molecule has 12 heavy (non-hydrogen) atoms. The second kappa shape index (κ2) is 3.53. The first-order chi connectivity index (χ1) is 5.74. The highest BCUT2D eigenvalue weighted by Gasteiger charge is 2.11. The SMILES string of the molecule is CSc1nc(C=O)c(C=O)n1C. The van der Waals surface area contributed by atoms with Crippen LogP contribution in [-0.4, -0.2) is 28.4 Å². The highest BCUT2D eigenvalue weighted by molar-refractivity contribution is 7.98. The minimum absolute atomic E-state index is 0.205. The maximum absolute atomic E-state index is 10.5. The third-order valence-electron chi connectivity index (χ3n) is 1.53. The summed E-state index contributed by atoms with van der Waals surface area (Å²) in [6.45, 7) is 0. The van der Waals surface area contributed by atoms with E-state index in [0.717, 1.165) is 0 Å². The summed E-state index contributed by atoms with van der Waals surface area (Å²) in [5, 5.41) is 0.666. The Morgan fingerprint density at radius 3 is 2.42 bits per heavy atom. The van der Waals surface area contributed by atoms with Gasteiger partial charge < -0.3 is 4.57 Å². The molecule has 64 valence electrons. The van der Waals surface area contributed by atoms with Crippen LogP contribution in [0.3, 0.4) is 0 Å². The van der Waals surface area contributed by atoms with Gasteiger partial charge in [-0.25, -0.2) is 4.98 Å². The van der Waals surface area contributed by atoms with Gasteiger partial charge >= 0.3 is 0 Å². The van der Waals surface area contributed by atoms with Gasteiger partial charge in [0.1, 0.15) is 11.4 Å². The highest BCUT2D eigenvalue weighted by atomic mass is 32.2. The topological polar surface area (TPSA) is 52.0 Å². The molecule has 1 rings (SSSR count). The number of rotatable bonds is 3. The van der Waals surface area contributed by atoms with E-state index in [9.17, 15) is 9.59 Å². The average Bonchev–Trinajstić information content (AvgIpc) is 2.41. The second-order valence-corrected chi connectivity index (χ2v) is 2.94. The largest absolute Gasteiger partial charge is 0.319 e. The van der Waals surface area contributed by atoms with E-state index in [1.807, 2.05) is 6.26 Å². The summed E-state index contributed by atoms with van der Waals surface area (Å²) in [6.07, 6.45) is 3.06. The molecule has 0 N–H and O–H groups in total. The summed E-state index contributed by atoms with van der Waals surface area (Å²) >= 11 is 1.40. The van der Waals surface area contributed by atoms with Gasteiger partial charge in [0.25, 0.3) is 0 Å². The first kappa shape index (κ1) is 8.99. The molecular weight excluding hydrogens is 176 g/mol. The zero-order chi connectivity index (χ0) is 9.14. The lowest BCUT2D eigenvalue weighted by Gasteiger charge is -1.96. The molecule has 0 aliphatic heterocycles. The minimum atomic E-state index is 0.205. The summed E-state index contributed by atoms with van der Waals surface area (Å²) in [7, 11) is 1.70. The van der Waals surface area contributed by atoms with Gasteiger partial charge in [-0.3, -0.25) is 9.59 Å². The molecule has 0 unspecified atom stereocenters. The maximum Gasteiger partial charge on any atom is 0.170 e. The zero-order valence-electron chi connectivity index (χ0n) is 6.77. The number of hydrogen-bond donors (Lipinski definition) is 0. The van der Waals surface area contributed by atoms with Crippen LogP contribution in [0.4, 0.5) is 0 Å². The van der Waals surface area contributed by atoms with Crippen molar-refractivity contribution in [3.8, 4) is 0 Å². The van der Waals surface area contributed by atoms with E-state index < -0.39 is 0 Å². The van der Waals surface area contributed by atoms with E-state index in [1.54, 1.807) is 11.6 Å². The number of carbonyl (C=O) groups excluding carboxylic acids is 2. The first-order valence-corrected chi connectivity index (χ1v) is 4.48. The summed E-state index contributed by atoms with van der Waals surface area (Å²) in [4.78, 5) is 24.9. The van der Waals surface area contributed by atoms with Crippen molar-refractivity contribution in [2.45, 2.75) is 5.16 Å². The van der Waals surface area contributed by atoms with Crippen molar-refractivity contribution in [2.75, 3.05) is 6.26 Å². The molecule has 4 nitrogen and oxygen atoms in total. The van der Waals surface area contributed by atoms with Crippen LogP contribution in [0.1, 0.15) is 21.0 Å². The highest BCUT2D eigenvalue weighted by Crippen LogP contribution is 2.15. The average molecular weight is 184 g/mol. The van der Waals surface area contributed by atoms with Gasteiger partial charge in [-0.15, -0.1) is 0 Å². The number of aldehydes is 2. The predicted octanol–water partition coefficient (Wildman–Crippen LogP) is 0.767. The number of carbonyl (C=O) groups is 2. The molecule has 0 bridgehead atoms. The lowest BCUT2D eigenvalue weighted by molar-refractivity contribution is 0.108. The van der Waals surface area contributed by atoms with E-state index in [2.05, 4.69) is 4.98 Å². The van der Waals surface area contributed by atoms with Gasteiger partial charge in [0.15, 0.2) is 17.7 Å². The minimum Gasteiger partial charge on any atom is -0.319 e. The van der Waals surface area contributed by atoms with Gasteiger partial charge in [0.05, 0.1) is 0 Å². The van der Waals surface area contributed by atoms with Crippen molar-refractivity contribution in [1.29, 1.82) is 0 Å². The van der Waals surface area contributed by atoms with Crippen molar-refractivity contribution in [2.24, 2.45) is 7.05 Å². The fourth-order valence-corrected chi connectivity index (χ4v) is 1.48. The summed E-state index contributed by atoms with van der Waals surface area (Å²) in [5.41, 5.74) is 0.534. The molecule has 0 aliphatic rings. The van der Waals surface area contributed by atoms with Crippen molar-refractivity contribution in [3.63, 3.8) is 0 Å². The van der Waals surface area contributed by atoms with E-state index in [1.165, 1.54) is 11.8 Å². The summed E-state index contributed by atoms with van der Waals surface area (Å²) in [5.74, 6) is 0. The van der Waals surface area contributed by atoms with E-state index >= 15 is 0 Å². The van der Waals surface area contributed by atoms with Gasteiger partial charge in [0, 0.05) is 7.05 Å². The Bertz CT molecular complexity index is 319. The predicted molar refractivity (Wildman–Crippen MR) is 45.8 cm³/mol. The molecule has 0 radical (unpaired) electrons. The lowest BCUT2D eigenvalue weighted by Crippen LogP contribution is -1.97. The van der Waals surface area contributed by atoms with E-state index in [-0.39, 0.29) is 5.69 Å². The Morgan fingerprint density at radius 1 is 1.42 bits per heavy atom. The molecule has 0 atom stereocenters. The number of hydrogen-bond acceptors (Lipinski definition) is 4. The molecule has 1 aromatic rings. The standard InChI is InChI=1S/C7H8N2O2S/c1-9-6(4-11)5(3-10)8-7(9)12-2/h3-4H,1-2H3. The third kappa shape index (κ3) is 1.27. The fraction of sp³-hybridized carbons (Fsp3) is 0.286. The van der Waals surface area contributed by atoms with Gasteiger partial charge in [-0.1, -0.05) is 11.8 Å². The first-order valence-electron chi connectivity index (χ1n) is 3.25. The van der Waals surface area contributed by atoms with E-state index in [4.69, 9.17) is 0 Å². The molecule has 0 saturated carbocycles. The van der Waals surface area contributed by atoms with Crippen LogP contribution in [0.5, 0.6) is 0 Å². The molecule has 5 heteroatoms. The molecule has 1 aromatic heterocycles. The van der Waals surface area contributed by atoms with Crippen LogP contribution in [-0.2, 0) is 7.05 Å². The molecule has 0 fully saturated rings. The molecule has 0 spiro atoms. The van der Waals surface area contributed by atoms with Crippen LogP contribution in [0.2, 0.25) is 0 Å². The van der Waals surface area contributed by atoms with Crippen LogP contribution in [0.15, 0.2) is 5.16 Å². The van der Waals surface area contributed by atoms with Crippen molar-refractivity contribution >= 4 is 24.3 Å². The fourth-order valence-electron chi connectivity index (χ4n) is 0.919. The van der Waals surface area contributed by atoms with Gasteiger partial charge in [0.2, 0.25) is 0 Å². The van der Waals surface area contributed by atoms with Crippen LogP contribution >= 0.6 is 11.8 Å². The lowest BCUT2D eigenvalue weighted by atomic mass is 10.4. The second-order valence-electron chi connectivity index (χ2n) is 2.16. The molecule has 0 amide bonds. The van der Waals surface area contributed by atoms with Crippen LogP contribution < -0.4 is 0 Å². The number of imidazole rings is 1. The van der Waals surface area contributed by atoms with Crippen molar-refractivity contribution < 1.29 is 9.59 Å².